The average Bonchev–Trinajstić information content (AvgIpc) is 2.79. The van der Waals surface area contributed by atoms with Crippen molar-refractivity contribution in [1.29, 1.82) is 0 Å². The minimum atomic E-state index is -1.74. The van der Waals surface area contributed by atoms with Gasteiger partial charge in [0.15, 0.2) is 8.32 Å². The number of nitrogens with zero attached hydrogens (tertiary/aromatic N) is 1. The lowest BCUT2D eigenvalue weighted by Gasteiger charge is -2.38. The van der Waals surface area contributed by atoms with Gasteiger partial charge in [-0.1, -0.05) is 51.1 Å². The summed E-state index contributed by atoms with van der Waals surface area (Å²) >= 11 is 0. The second kappa shape index (κ2) is 6.83. The molecule has 3 nitrogen and oxygen atoms in total. The molecule has 1 aromatic carbocycles. The van der Waals surface area contributed by atoms with Crippen molar-refractivity contribution in [1.82, 2.24) is 4.90 Å². The molecular formula is C18H31NO2Si. The van der Waals surface area contributed by atoms with Gasteiger partial charge in [-0.05, 0) is 30.1 Å². The number of benzene rings is 1. The molecule has 1 N–H and O–H groups in total. The third-order valence-corrected chi connectivity index (χ3v) is 9.73. The van der Waals surface area contributed by atoms with Crippen LogP contribution in [-0.2, 0) is 11.0 Å². The van der Waals surface area contributed by atoms with E-state index in [2.05, 4.69) is 63.0 Å². The van der Waals surface area contributed by atoms with Gasteiger partial charge in [-0.2, -0.15) is 0 Å². The Bertz CT molecular complexity index is 470. The minimum absolute atomic E-state index is 0.212. The number of rotatable bonds is 5. The Labute approximate surface area is 136 Å². The topological polar surface area (TPSA) is 32.7 Å². The third kappa shape index (κ3) is 4.19. The highest BCUT2D eigenvalue weighted by Crippen LogP contribution is 2.39. The molecule has 22 heavy (non-hydrogen) atoms. The summed E-state index contributed by atoms with van der Waals surface area (Å²) in [4.78, 5) is 2.37. The van der Waals surface area contributed by atoms with E-state index >= 15 is 0 Å². The summed E-state index contributed by atoms with van der Waals surface area (Å²) in [6.07, 6.45) is 1.19. The molecule has 0 saturated carbocycles. The van der Waals surface area contributed by atoms with Crippen molar-refractivity contribution in [2.45, 2.75) is 64.0 Å². The number of aliphatic hydroxyl groups excluding tert-OH is 1. The fourth-order valence-electron chi connectivity index (χ4n) is 2.82. The lowest BCUT2D eigenvalue weighted by molar-refractivity contribution is 0.150. The van der Waals surface area contributed by atoms with E-state index in [1.165, 1.54) is 5.56 Å². The van der Waals surface area contributed by atoms with Gasteiger partial charge in [-0.3, -0.25) is 4.90 Å². The van der Waals surface area contributed by atoms with Crippen LogP contribution in [0.2, 0.25) is 18.1 Å². The van der Waals surface area contributed by atoms with Crippen molar-refractivity contribution in [3.63, 3.8) is 0 Å². The molecular weight excluding hydrogens is 290 g/mol. The molecule has 0 radical (unpaired) electrons. The van der Waals surface area contributed by atoms with E-state index in [1.54, 1.807) is 0 Å². The second-order valence-corrected chi connectivity index (χ2v) is 12.7. The molecule has 0 amide bonds. The number of hydrogen-bond donors (Lipinski definition) is 1. The van der Waals surface area contributed by atoms with Gasteiger partial charge in [-0.25, -0.2) is 0 Å². The Morgan fingerprint density at radius 2 is 1.86 bits per heavy atom. The molecule has 2 atom stereocenters. The zero-order chi connectivity index (χ0) is 16.4. The van der Waals surface area contributed by atoms with Gasteiger partial charge in [0.1, 0.15) is 0 Å². The molecule has 0 bridgehead atoms. The molecule has 1 aromatic rings. The smallest absolute Gasteiger partial charge is 0.192 e. The highest BCUT2D eigenvalue weighted by atomic mass is 28.4. The summed E-state index contributed by atoms with van der Waals surface area (Å²) in [7, 11) is -1.74. The Kier molecular flexibility index (Phi) is 5.48. The van der Waals surface area contributed by atoms with Crippen LogP contribution in [0.3, 0.4) is 0 Å². The van der Waals surface area contributed by atoms with E-state index in [0.29, 0.717) is 0 Å². The Balaban J connectivity index is 2.00. The van der Waals surface area contributed by atoms with Crippen LogP contribution in [-0.4, -0.2) is 43.6 Å². The largest absolute Gasteiger partial charge is 0.413 e. The van der Waals surface area contributed by atoms with Gasteiger partial charge in [0, 0.05) is 19.1 Å². The van der Waals surface area contributed by atoms with Crippen molar-refractivity contribution in [2.24, 2.45) is 0 Å². The zero-order valence-electron chi connectivity index (χ0n) is 14.7. The molecule has 1 saturated heterocycles. The lowest BCUT2D eigenvalue weighted by Crippen LogP contribution is -2.44. The molecule has 0 aromatic heterocycles. The summed E-state index contributed by atoms with van der Waals surface area (Å²) in [6, 6.07) is 10.7. The van der Waals surface area contributed by atoms with E-state index in [4.69, 9.17) is 4.43 Å². The van der Waals surface area contributed by atoms with Crippen LogP contribution in [0.25, 0.3) is 0 Å². The minimum Gasteiger partial charge on any atom is -0.413 e. The van der Waals surface area contributed by atoms with Crippen LogP contribution in [0.15, 0.2) is 30.3 Å². The maximum atomic E-state index is 9.70. The summed E-state index contributed by atoms with van der Waals surface area (Å²) < 4.78 is 6.55. The molecule has 0 aliphatic carbocycles. The fourth-order valence-corrected chi connectivity index (χ4v) is 4.18. The first-order valence-corrected chi connectivity index (χ1v) is 11.2. The number of aliphatic hydroxyl groups is 1. The van der Waals surface area contributed by atoms with Crippen LogP contribution in [0, 0.1) is 0 Å². The summed E-state index contributed by atoms with van der Waals surface area (Å²) in [6.45, 7) is 13.5. The maximum absolute atomic E-state index is 9.70. The Morgan fingerprint density at radius 1 is 1.23 bits per heavy atom. The molecule has 124 valence electrons. The van der Waals surface area contributed by atoms with Crippen molar-refractivity contribution in [3.05, 3.63) is 35.9 Å². The SMILES string of the molecule is CC(C)(C)[Si](C)(C)O[C@@H]1C[C@@H](CO)N(Cc2ccccc2)C1. The van der Waals surface area contributed by atoms with Crippen molar-refractivity contribution in [3.8, 4) is 0 Å². The van der Waals surface area contributed by atoms with E-state index in [-0.39, 0.29) is 23.8 Å². The van der Waals surface area contributed by atoms with Crippen LogP contribution in [0.1, 0.15) is 32.8 Å². The molecule has 1 fully saturated rings. The summed E-state index contributed by atoms with van der Waals surface area (Å²) in [5.41, 5.74) is 1.30. The van der Waals surface area contributed by atoms with E-state index in [9.17, 15) is 5.11 Å². The Morgan fingerprint density at radius 3 is 2.41 bits per heavy atom. The van der Waals surface area contributed by atoms with Gasteiger partial charge in [0.2, 0.25) is 0 Å². The molecule has 4 heteroatoms. The quantitative estimate of drug-likeness (QED) is 0.840. The monoisotopic (exact) mass is 321 g/mol. The van der Waals surface area contributed by atoms with Crippen molar-refractivity contribution >= 4 is 8.32 Å². The molecule has 1 heterocycles. The van der Waals surface area contributed by atoms with Crippen molar-refractivity contribution in [2.75, 3.05) is 13.2 Å². The highest BCUT2D eigenvalue weighted by Gasteiger charge is 2.42. The highest BCUT2D eigenvalue weighted by molar-refractivity contribution is 6.74. The second-order valence-electron chi connectivity index (χ2n) is 7.99. The van der Waals surface area contributed by atoms with E-state index in [0.717, 1.165) is 19.5 Å². The number of likely N-dealkylation sites (tertiary alicyclic amines) is 1. The first kappa shape index (κ1) is 17.7. The van der Waals surface area contributed by atoms with Gasteiger partial charge in [0.25, 0.3) is 0 Å². The van der Waals surface area contributed by atoms with E-state index in [1.807, 2.05) is 6.07 Å². The zero-order valence-corrected chi connectivity index (χ0v) is 15.7. The van der Waals surface area contributed by atoms with Crippen LogP contribution < -0.4 is 0 Å². The molecule has 1 aliphatic heterocycles. The predicted octanol–water partition coefficient (Wildman–Crippen LogP) is 3.64. The maximum Gasteiger partial charge on any atom is 0.192 e. The van der Waals surface area contributed by atoms with Crippen LogP contribution in [0.5, 0.6) is 0 Å². The van der Waals surface area contributed by atoms with E-state index < -0.39 is 8.32 Å². The van der Waals surface area contributed by atoms with Crippen molar-refractivity contribution < 1.29 is 9.53 Å². The average molecular weight is 322 g/mol. The Hall–Kier alpha value is -0.683. The first-order valence-electron chi connectivity index (χ1n) is 8.29. The molecule has 2 rings (SSSR count). The van der Waals surface area contributed by atoms with Crippen LogP contribution >= 0.6 is 0 Å². The first-order chi connectivity index (χ1) is 10.2. The summed E-state index contributed by atoms with van der Waals surface area (Å²) in [5, 5.41) is 9.94. The van der Waals surface area contributed by atoms with Gasteiger partial charge in [-0.15, -0.1) is 0 Å². The van der Waals surface area contributed by atoms with Gasteiger partial charge >= 0.3 is 0 Å². The molecule has 0 unspecified atom stereocenters. The molecule has 1 aliphatic rings. The normalized spacial score (nSPS) is 23.9. The van der Waals surface area contributed by atoms with Gasteiger partial charge < -0.3 is 9.53 Å². The van der Waals surface area contributed by atoms with Gasteiger partial charge in [0.05, 0.1) is 12.7 Å². The standard InChI is InChI=1S/C18H31NO2Si/c1-18(2,3)22(4,5)21-17-11-16(14-20)19(13-17)12-15-9-7-6-8-10-15/h6-10,16-17,20H,11-14H2,1-5H3/t16-,17+/m0/s1. The lowest BCUT2D eigenvalue weighted by atomic mass is 10.2. The molecule has 0 spiro atoms. The fraction of sp³-hybridized carbons (Fsp3) is 0.667. The van der Waals surface area contributed by atoms with Crippen LogP contribution in [0.4, 0.5) is 0 Å². The number of hydrogen-bond acceptors (Lipinski definition) is 3. The third-order valence-electron chi connectivity index (χ3n) is 5.20. The predicted molar refractivity (Wildman–Crippen MR) is 94.4 cm³/mol. The summed E-state index contributed by atoms with van der Waals surface area (Å²) in [5.74, 6) is 0.